The lowest BCUT2D eigenvalue weighted by Crippen LogP contribution is -2.24. The van der Waals surface area contributed by atoms with Crippen LogP contribution in [-0.4, -0.2) is 27.7 Å². The van der Waals surface area contributed by atoms with Crippen molar-refractivity contribution < 1.29 is 9.50 Å². The van der Waals surface area contributed by atoms with Crippen LogP contribution in [0.3, 0.4) is 0 Å². The average molecular weight is 278 g/mol. The number of unbranched alkanes of at least 4 members (excludes halogenated alkanes) is 1. The first-order valence-electron chi connectivity index (χ1n) is 6.74. The van der Waals surface area contributed by atoms with Gasteiger partial charge in [0, 0.05) is 5.39 Å². The van der Waals surface area contributed by atoms with E-state index in [4.69, 9.17) is 5.73 Å². The second kappa shape index (κ2) is 6.47. The van der Waals surface area contributed by atoms with Crippen LogP contribution in [0.2, 0.25) is 0 Å². The minimum absolute atomic E-state index is 0.0132. The Morgan fingerprint density at radius 2 is 2.20 bits per heavy atom. The highest BCUT2D eigenvalue weighted by molar-refractivity contribution is 5.90. The molecule has 0 fully saturated rings. The largest absolute Gasteiger partial charge is 0.394 e. The second-order valence-corrected chi connectivity index (χ2v) is 4.76. The second-order valence-electron chi connectivity index (χ2n) is 4.76. The van der Waals surface area contributed by atoms with Gasteiger partial charge in [-0.1, -0.05) is 19.8 Å². The maximum absolute atomic E-state index is 13.4. The number of benzene rings is 1. The summed E-state index contributed by atoms with van der Waals surface area (Å²) in [5, 5.41) is 13.1. The summed E-state index contributed by atoms with van der Waals surface area (Å²) in [6.45, 7) is 2.07. The molecule has 2 rings (SSSR count). The predicted octanol–water partition coefficient (Wildman–Crippen LogP) is 2.31. The molecule has 0 saturated carbocycles. The van der Waals surface area contributed by atoms with E-state index in [9.17, 15) is 9.50 Å². The molecule has 0 amide bonds. The van der Waals surface area contributed by atoms with Crippen molar-refractivity contribution in [3.05, 3.63) is 24.0 Å². The quantitative estimate of drug-likeness (QED) is 0.755. The number of nitrogens with zero attached hydrogens (tertiary/aromatic N) is 2. The van der Waals surface area contributed by atoms with Crippen LogP contribution in [-0.2, 0) is 0 Å². The van der Waals surface area contributed by atoms with Gasteiger partial charge in [-0.3, -0.25) is 0 Å². The van der Waals surface area contributed by atoms with Gasteiger partial charge in [0.05, 0.1) is 18.2 Å². The van der Waals surface area contributed by atoms with E-state index < -0.39 is 0 Å². The monoisotopic (exact) mass is 278 g/mol. The molecule has 0 bridgehead atoms. The smallest absolute Gasteiger partial charge is 0.222 e. The van der Waals surface area contributed by atoms with Crippen LogP contribution >= 0.6 is 0 Å². The maximum atomic E-state index is 13.4. The summed E-state index contributed by atoms with van der Waals surface area (Å²) < 4.78 is 13.4. The van der Waals surface area contributed by atoms with Gasteiger partial charge in [-0.15, -0.1) is 0 Å². The van der Waals surface area contributed by atoms with E-state index in [1.54, 1.807) is 6.07 Å². The van der Waals surface area contributed by atoms with Crippen LogP contribution in [0.4, 0.5) is 16.2 Å². The Morgan fingerprint density at radius 1 is 1.40 bits per heavy atom. The van der Waals surface area contributed by atoms with E-state index in [2.05, 4.69) is 22.2 Å². The summed E-state index contributed by atoms with van der Waals surface area (Å²) in [7, 11) is 0. The van der Waals surface area contributed by atoms with Gasteiger partial charge in [0.15, 0.2) is 0 Å². The van der Waals surface area contributed by atoms with Crippen molar-refractivity contribution in [3.63, 3.8) is 0 Å². The molecule has 108 valence electrons. The number of nitrogens with one attached hydrogen (secondary N) is 1. The lowest BCUT2D eigenvalue weighted by Gasteiger charge is -2.18. The first-order valence-corrected chi connectivity index (χ1v) is 6.74. The highest BCUT2D eigenvalue weighted by Gasteiger charge is 2.12. The number of aromatic nitrogens is 2. The third kappa shape index (κ3) is 3.33. The standard InChI is InChI=1S/C14H19FN4O/c1-2-3-4-10(8-20)17-13-11-7-9(15)5-6-12(11)18-14(16)19-13/h5-7,10,20H,2-4,8H2,1H3,(H3,16,17,18,19). The van der Waals surface area contributed by atoms with Crippen molar-refractivity contribution in [2.24, 2.45) is 0 Å². The van der Waals surface area contributed by atoms with Crippen LogP contribution < -0.4 is 11.1 Å². The molecule has 1 aromatic carbocycles. The van der Waals surface area contributed by atoms with Gasteiger partial charge in [-0.25, -0.2) is 9.37 Å². The molecule has 0 radical (unpaired) electrons. The maximum Gasteiger partial charge on any atom is 0.222 e. The Balaban J connectivity index is 2.34. The molecule has 0 aliphatic rings. The molecule has 1 aromatic heterocycles. The molecule has 5 nitrogen and oxygen atoms in total. The first-order chi connectivity index (χ1) is 9.63. The summed E-state index contributed by atoms with van der Waals surface area (Å²) in [6.07, 6.45) is 2.85. The average Bonchev–Trinajstić information content (AvgIpc) is 2.43. The summed E-state index contributed by atoms with van der Waals surface area (Å²) in [5.41, 5.74) is 6.24. The zero-order chi connectivity index (χ0) is 14.5. The lowest BCUT2D eigenvalue weighted by atomic mass is 10.1. The molecule has 2 aromatic rings. The SMILES string of the molecule is CCCCC(CO)Nc1nc(N)nc2ccc(F)cc12. The fourth-order valence-electron chi connectivity index (χ4n) is 2.08. The third-order valence-electron chi connectivity index (χ3n) is 3.14. The Hall–Kier alpha value is -1.95. The van der Waals surface area contributed by atoms with E-state index in [1.165, 1.54) is 12.1 Å². The summed E-state index contributed by atoms with van der Waals surface area (Å²) in [6, 6.07) is 4.13. The van der Waals surface area contributed by atoms with Crippen LogP contribution in [0, 0.1) is 5.82 Å². The third-order valence-corrected chi connectivity index (χ3v) is 3.14. The molecule has 0 saturated heterocycles. The molecule has 0 aliphatic carbocycles. The minimum Gasteiger partial charge on any atom is -0.394 e. The number of nitrogen functional groups attached to an aromatic ring is 1. The van der Waals surface area contributed by atoms with E-state index in [-0.39, 0.29) is 24.4 Å². The van der Waals surface area contributed by atoms with Crippen molar-refractivity contribution in [2.75, 3.05) is 17.7 Å². The molecule has 0 aliphatic heterocycles. The van der Waals surface area contributed by atoms with Crippen LogP contribution in [0.1, 0.15) is 26.2 Å². The Kier molecular flexibility index (Phi) is 4.68. The van der Waals surface area contributed by atoms with Crippen LogP contribution in [0.5, 0.6) is 0 Å². The fraction of sp³-hybridized carbons (Fsp3) is 0.429. The summed E-state index contributed by atoms with van der Waals surface area (Å²) in [5.74, 6) is 0.226. The lowest BCUT2D eigenvalue weighted by molar-refractivity contribution is 0.267. The minimum atomic E-state index is -0.358. The Labute approximate surface area is 117 Å². The van der Waals surface area contributed by atoms with Crippen LogP contribution in [0.15, 0.2) is 18.2 Å². The van der Waals surface area contributed by atoms with Crippen molar-refractivity contribution in [1.82, 2.24) is 9.97 Å². The number of hydrogen-bond donors (Lipinski definition) is 3. The first kappa shape index (κ1) is 14.5. The van der Waals surface area contributed by atoms with Gasteiger partial charge in [0.25, 0.3) is 0 Å². The summed E-state index contributed by atoms with van der Waals surface area (Å²) >= 11 is 0. The Morgan fingerprint density at radius 3 is 2.90 bits per heavy atom. The number of hydrogen-bond acceptors (Lipinski definition) is 5. The molecule has 0 spiro atoms. The van der Waals surface area contributed by atoms with E-state index in [1.807, 2.05) is 0 Å². The fourth-order valence-corrected chi connectivity index (χ4v) is 2.08. The number of anilines is 2. The molecular weight excluding hydrogens is 259 g/mol. The summed E-state index contributed by atoms with van der Waals surface area (Å²) in [4.78, 5) is 8.19. The highest BCUT2D eigenvalue weighted by Crippen LogP contribution is 2.23. The zero-order valence-electron chi connectivity index (χ0n) is 11.4. The van der Waals surface area contributed by atoms with E-state index in [0.29, 0.717) is 16.7 Å². The van der Waals surface area contributed by atoms with Gasteiger partial charge in [0.2, 0.25) is 5.95 Å². The molecule has 20 heavy (non-hydrogen) atoms. The zero-order valence-corrected chi connectivity index (χ0v) is 11.4. The van der Waals surface area contributed by atoms with E-state index >= 15 is 0 Å². The molecule has 1 unspecified atom stereocenters. The highest BCUT2D eigenvalue weighted by atomic mass is 19.1. The van der Waals surface area contributed by atoms with Crippen molar-refractivity contribution in [2.45, 2.75) is 32.2 Å². The predicted molar refractivity (Wildman–Crippen MR) is 77.9 cm³/mol. The molecule has 1 heterocycles. The molecule has 1 atom stereocenters. The molecule has 6 heteroatoms. The van der Waals surface area contributed by atoms with Crippen molar-refractivity contribution in [1.29, 1.82) is 0 Å². The number of nitrogens with two attached hydrogens (primary N) is 1. The van der Waals surface area contributed by atoms with Crippen molar-refractivity contribution >= 4 is 22.7 Å². The number of aliphatic hydroxyl groups excluding tert-OH is 1. The van der Waals surface area contributed by atoms with Gasteiger partial charge < -0.3 is 16.2 Å². The van der Waals surface area contributed by atoms with Gasteiger partial charge in [-0.05, 0) is 24.6 Å². The van der Waals surface area contributed by atoms with Gasteiger partial charge >= 0.3 is 0 Å². The molecular formula is C14H19FN4O. The number of fused-ring (bicyclic) bond motifs is 1. The topological polar surface area (TPSA) is 84.1 Å². The number of rotatable bonds is 6. The van der Waals surface area contributed by atoms with Gasteiger partial charge in [-0.2, -0.15) is 4.98 Å². The molecule has 4 N–H and O–H groups in total. The van der Waals surface area contributed by atoms with Crippen LogP contribution in [0.25, 0.3) is 10.9 Å². The normalized spacial score (nSPS) is 12.6. The Bertz CT molecular complexity index is 591. The number of halogens is 1. The number of aliphatic hydroxyl groups is 1. The van der Waals surface area contributed by atoms with E-state index in [0.717, 1.165) is 19.3 Å². The van der Waals surface area contributed by atoms with Gasteiger partial charge in [0.1, 0.15) is 11.6 Å². The van der Waals surface area contributed by atoms with Crippen molar-refractivity contribution in [3.8, 4) is 0 Å².